The van der Waals surface area contributed by atoms with Gasteiger partial charge >= 0.3 is 12.0 Å². The summed E-state index contributed by atoms with van der Waals surface area (Å²) >= 11 is 0. The van der Waals surface area contributed by atoms with Gasteiger partial charge < -0.3 is 9.47 Å². The van der Waals surface area contributed by atoms with E-state index in [9.17, 15) is 0 Å². The highest BCUT2D eigenvalue weighted by Crippen LogP contribution is 2.24. The molecule has 1 fully saturated rings. The maximum atomic E-state index is 5.64. The number of nitrogens with zero attached hydrogens (tertiary/aromatic N) is 3. The van der Waals surface area contributed by atoms with Crippen LogP contribution in [-0.2, 0) is 0 Å². The lowest BCUT2D eigenvalue weighted by Gasteiger charge is -2.21. The Morgan fingerprint density at radius 1 is 1.11 bits per heavy atom. The molecule has 2 rings (SSSR count). The van der Waals surface area contributed by atoms with Crippen LogP contribution in [0.3, 0.4) is 0 Å². The van der Waals surface area contributed by atoms with Crippen molar-refractivity contribution in [2.45, 2.75) is 39.0 Å². The molecule has 7 nitrogen and oxygen atoms in total. The van der Waals surface area contributed by atoms with E-state index in [1.54, 1.807) is 0 Å². The maximum Gasteiger partial charge on any atom is 0.324 e. The van der Waals surface area contributed by atoms with E-state index >= 15 is 0 Å². The van der Waals surface area contributed by atoms with Crippen LogP contribution in [0.1, 0.15) is 39.0 Å². The minimum absolute atomic E-state index is 0.226. The van der Waals surface area contributed by atoms with Gasteiger partial charge in [-0.05, 0) is 25.7 Å². The second-order valence-electron chi connectivity index (χ2n) is 4.62. The molecule has 0 bridgehead atoms. The number of rotatable bonds is 6. The van der Waals surface area contributed by atoms with Crippen molar-refractivity contribution in [3.8, 4) is 12.0 Å². The highest BCUT2D eigenvalue weighted by Gasteiger charge is 2.15. The Morgan fingerprint density at radius 3 is 2.42 bits per heavy atom. The number of nitrogens with one attached hydrogen (secondary N) is 1. The molecular weight excluding hydrogens is 246 g/mol. The fourth-order valence-corrected chi connectivity index (χ4v) is 2.21. The summed E-state index contributed by atoms with van der Waals surface area (Å²) < 4.78 is 10.9. The molecular formula is C12H21N5O2. The Kier molecular flexibility index (Phi) is 5.14. The van der Waals surface area contributed by atoms with Gasteiger partial charge in [0.2, 0.25) is 5.95 Å². The van der Waals surface area contributed by atoms with E-state index in [-0.39, 0.29) is 18.0 Å². The minimum Gasteiger partial charge on any atom is -0.464 e. The van der Waals surface area contributed by atoms with E-state index in [4.69, 9.17) is 15.3 Å². The third kappa shape index (κ3) is 4.20. The van der Waals surface area contributed by atoms with Crippen LogP contribution >= 0.6 is 0 Å². The molecule has 106 valence electrons. The monoisotopic (exact) mass is 267 g/mol. The van der Waals surface area contributed by atoms with Gasteiger partial charge in [0.1, 0.15) is 0 Å². The predicted octanol–water partition coefficient (Wildman–Crippen LogP) is 1.51. The SMILES string of the molecule is CCOc1nc(NN)nc(OCC2CCCCC2)n1. The van der Waals surface area contributed by atoms with Gasteiger partial charge in [-0.2, -0.15) is 9.97 Å². The predicted molar refractivity (Wildman–Crippen MR) is 70.9 cm³/mol. The number of hydrogen-bond acceptors (Lipinski definition) is 7. The molecule has 1 aliphatic rings. The van der Waals surface area contributed by atoms with Gasteiger partial charge in [-0.1, -0.05) is 19.3 Å². The van der Waals surface area contributed by atoms with Crippen molar-refractivity contribution in [3.05, 3.63) is 0 Å². The van der Waals surface area contributed by atoms with Crippen LogP contribution in [0.15, 0.2) is 0 Å². The third-order valence-corrected chi connectivity index (χ3v) is 3.17. The van der Waals surface area contributed by atoms with Crippen LogP contribution in [0.25, 0.3) is 0 Å². The Hall–Kier alpha value is -1.63. The molecule has 1 aromatic heterocycles. The molecule has 0 atom stereocenters. The zero-order valence-corrected chi connectivity index (χ0v) is 11.3. The minimum atomic E-state index is 0.226. The Morgan fingerprint density at radius 2 is 1.79 bits per heavy atom. The van der Waals surface area contributed by atoms with Crippen LogP contribution in [0, 0.1) is 5.92 Å². The van der Waals surface area contributed by atoms with Crippen molar-refractivity contribution in [3.63, 3.8) is 0 Å². The van der Waals surface area contributed by atoms with Crippen LogP contribution in [0.2, 0.25) is 0 Å². The highest BCUT2D eigenvalue weighted by molar-refractivity contribution is 5.25. The van der Waals surface area contributed by atoms with Gasteiger partial charge in [-0.3, -0.25) is 5.43 Å². The second-order valence-corrected chi connectivity index (χ2v) is 4.62. The van der Waals surface area contributed by atoms with Gasteiger partial charge in [0.15, 0.2) is 0 Å². The van der Waals surface area contributed by atoms with Crippen LogP contribution in [0.5, 0.6) is 12.0 Å². The molecule has 1 heterocycles. The number of hydrogen-bond donors (Lipinski definition) is 2. The van der Waals surface area contributed by atoms with E-state index in [0.717, 1.165) is 0 Å². The average molecular weight is 267 g/mol. The summed E-state index contributed by atoms with van der Waals surface area (Å²) in [5.74, 6) is 6.15. The molecule has 0 unspecified atom stereocenters. The van der Waals surface area contributed by atoms with Crippen LogP contribution in [-0.4, -0.2) is 28.2 Å². The lowest BCUT2D eigenvalue weighted by molar-refractivity contribution is 0.192. The molecule has 1 aromatic rings. The molecule has 0 saturated heterocycles. The maximum absolute atomic E-state index is 5.64. The smallest absolute Gasteiger partial charge is 0.324 e. The van der Waals surface area contributed by atoms with Gasteiger partial charge in [0.05, 0.1) is 13.2 Å². The first-order chi connectivity index (χ1) is 9.31. The van der Waals surface area contributed by atoms with Crippen molar-refractivity contribution in [2.24, 2.45) is 11.8 Å². The zero-order chi connectivity index (χ0) is 13.5. The summed E-state index contributed by atoms with van der Waals surface area (Å²) in [5.41, 5.74) is 2.38. The molecule has 0 spiro atoms. The number of nitrogen functional groups attached to an aromatic ring is 1. The quantitative estimate of drug-likeness (QED) is 0.596. The number of anilines is 1. The number of ether oxygens (including phenoxy) is 2. The first-order valence-electron chi connectivity index (χ1n) is 6.80. The first kappa shape index (κ1) is 13.8. The summed E-state index contributed by atoms with van der Waals surface area (Å²) in [4.78, 5) is 12.1. The van der Waals surface area contributed by atoms with Crippen molar-refractivity contribution < 1.29 is 9.47 Å². The largest absolute Gasteiger partial charge is 0.464 e. The molecule has 19 heavy (non-hydrogen) atoms. The first-order valence-corrected chi connectivity index (χ1v) is 6.80. The van der Waals surface area contributed by atoms with Crippen molar-refractivity contribution in [1.82, 2.24) is 15.0 Å². The average Bonchev–Trinajstić information content (AvgIpc) is 2.46. The van der Waals surface area contributed by atoms with Gasteiger partial charge in [-0.15, -0.1) is 4.98 Å². The van der Waals surface area contributed by atoms with Gasteiger partial charge in [-0.25, -0.2) is 5.84 Å². The molecule has 0 aromatic carbocycles. The van der Waals surface area contributed by atoms with Gasteiger partial charge in [0, 0.05) is 0 Å². The van der Waals surface area contributed by atoms with Gasteiger partial charge in [0.25, 0.3) is 0 Å². The lowest BCUT2D eigenvalue weighted by atomic mass is 9.90. The number of hydrazine groups is 1. The van der Waals surface area contributed by atoms with E-state index in [1.807, 2.05) is 6.92 Å². The lowest BCUT2D eigenvalue weighted by Crippen LogP contribution is -2.18. The third-order valence-electron chi connectivity index (χ3n) is 3.17. The second kappa shape index (κ2) is 7.08. The fourth-order valence-electron chi connectivity index (χ4n) is 2.21. The number of aromatic nitrogens is 3. The molecule has 1 aliphatic carbocycles. The fraction of sp³-hybridized carbons (Fsp3) is 0.750. The summed E-state index contributed by atoms with van der Waals surface area (Å²) in [5, 5.41) is 0. The Balaban J connectivity index is 1.95. The summed E-state index contributed by atoms with van der Waals surface area (Å²) in [6.45, 7) is 2.98. The van der Waals surface area contributed by atoms with Crippen LogP contribution in [0.4, 0.5) is 5.95 Å². The Labute approximate surface area is 112 Å². The van der Waals surface area contributed by atoms with E-state index in [2.05, 4.69) is 20.4 Å². The summed E-state index contributed by atoms with van der Waals surface area (Å²) in [6.07, 6.45) is 6.32. The topological polar surface area (TPSA) is 95.2 Å². The van der Waals surface area contributed by atoms with Crippen molar-refractivity contribution in [1.29, 1.82) is 0 Å². The normalized spacial score (nSPS) is 16.1. The molecule has 7 heteroatoms. The van der Waals surface area contributed by atoms with E-state index in [1.165, 1.54) is 32.1 Å². The molecule has 0 radical (unpaired) electrons. The van der Waals surface area contributed by atoms with E-state index < -0.39 is 0 Å². The molecule has 1 saturated carbocycles. The Bertz CT molecular complexity index is 396. The summed E-state index contributed by atoms with van der Waals surface area (Å²) in [7, 11) is 0. The summed E-state index contributed by atoms with van der Waals surface area (Å²) in [6, 6.07) is 0.487. The highest BCUT2D eigenvalue weighted by atomic mass is 16.5. The van der Waals surface area contributed by atoms with E-state index in [0.29, 0.717) is 19.1 Å². The standard InChI is InChI=1S/C12H21N5O2/c1-2-18-11-14-10(17-13)15-12(16-11)19-8-9-6-4-3-5-7-9/h9H,2-8,13H2,1H3,(H,14,15,16,17). The van der Waals surface area contributed by atoms with Crippen molar-refractivity contribution in [2.75, 3.05) is 18.6 Å². The molecule has 0 amide bonds. The van der Waals surface area contributed by atoms with Crippen molar-refractivity contribution >= 4 is 5.95 Å². The number of nitrogens with two attached hydrogens (primary N) is 1. The molecule has 3 N–H and O–H groups in total. The zero-order valence-electron chi connectivity index (χ0n) is 11.3. The molecule has 0 aliphatic heterocycles. The van der Waals surface area contributed by atoms with Crippen LogP contribution < -0.4 is 20.7 Å².